The lowest BCUT2D eigenvalue weighted by Gasteiger charge is -2.17. The van der Waals surface area contributed by atoms with Crippen LogP contribution in [0.3, 0.4) is 0 Å². The van der Waals surface area contributed by atoms with Crippen LogP contribution in [0, 0.1) is 0 Å². The third-order valence-electron chi connectivity index (χ3n) is 2.51. The van der Waals surface area contributed by atoms with E-state index in [4.69, 9.17) is 0 Å². The Hall–Kier alpha value is -1.24. The number of hydrogen-bond donors (Lipinski definition) is 1. The molecule has 1 aromatic rings. The van der Waals surface area contributed by atoms with Gasteiger partial charge in [-0.25, -0.2) is 4.72 Å². The number of carbonyl (C=O) groups is 1. The zero-order chi connectivity index (χ0) is 11.5. The summed E-state index contributed by atoms with van der Waals surface area (Å²) in [5.41, 5.74) is 0.800. The van der Waals surface area contributed by atoms with Crippen molar-refractivity contribution in [1.82, 2.24) is 4.72 Å². The van der Waals surface area contributed by atoms with Crippen molar-refractivity contribution >= 4 is 22.9 Å². The largest absolute Gasteiger partial charge is 0.760 e. The van der Waals surface area contributed by atoms with E-state index >= 15 is 0 Å². The highest BCUT2D eigenvalue weighted by Crippen LogP contribution is 2.20. The second-order valence-corrected chi connectivity index (χ2v) is 4.22. The highest BCUT2D eigenvalue weighted by Gasteiger charge is 2.32. The molecule has 0 aliphatic carbocycles. The minimum atomic E-state index is -2.39. The minimum absolute atomic E-state index is 0.199. The van der Waals surface area contributed by atoms with E-state index in [2.05, 4.69) is 4.72 Å². The molecule has 0 spiro atoms. The smallest absolute Gasteiger partial charge is 0.245 e. The number of benzene rings is 1. The van der Waals surface area contributed by atoms with Crippen molar-refractivity contribution in [2.75, 3.05) is 11.4 Å². The lowest BCUT2D eigenvalue weighted by molar-refractivity contribution is -0.118. The van der Waals surface area contributed by atoms with Crippen LogP contribution < -0.4 is 9.62 Å². The molecule has 2 unspecified atom stereocenters. The summed E-state index contributed by atoms with van der Waals surface area (Å²) in [5.74, 6) is -0.199. The Morgan fingerprint density at radius 2 is 2.06 bits per heavy atom. The van der Waals surface area contributed by atoms with Gasteiger partial charge in [-0.2, -0.15) is 0 Å². The number of para-hydroxylation sites is 1. The maximum absolute atomic E-state index is 11.8. The average molecular weight is 239 g/mol. The standard InChI is InChI=1S/C10H12N2O3S/c13-10-9(11-16(14)15)6-7-12(10)8-4-2-1-3-5-8/h1-5,9,11H,6-7H2,(H,14,15)/p-1. The predicted octanol–water partition coefficient (Wildman–Crippen LogP) is 0.176. The zero-order valence-electron chi connectivity index (χ0n) is 8.46. The molecule has 1 N–H and O–H groups in total. The maximum Gasteiger partial charge on any atom is 0.245 e. The topological polar surface area (TPSA) is 72.5 Å². The van der Waals surface area contributed by atoms with Gasteiger partial charge in [0.15, 0.2) is 0 Å². The van der Waals surface area contributed by atoms with Crippen molar-refractivity contribution in [3.8, 4) is 0 Å². The molecular weight excluding hydrogens is 228 g/mol. The first kappa shape index (κ1) is 11.3. The molecule has 0 saturated carbocycles. The molecule has 2 atom stereocenters. The number of rotatable bonds is 3. The van der Waals surface area contributed by atoms with Gasteiger partial charge in [0.25, 0.3) is 0 Å². The lowest BCUT2D eigenvalue weighted by Crippen LogP contribution is -2.39. The van der Waals surface area contributed by atoms with Crippen LogP contribution in [-0.4, -0.2) is 27.3 Å². The van der Waals surface area contributed by atoms with Crippen LogP contribution in [0.1, 0.15) is 6.42 Å². The fourth-order valence-electron chi connectivity index (χ4n) is 1.77. The van der Waals surface area contributed by atoms with Crippen molar-refractivity contribution in [1.29, 1.82) is 0 Å². The van der Waals surface area contributed by atoms with E-state index in [0.29, 0.717) is 13.0 Å². The third-order valence-corrected chi connectivity index (χ3v) is 2.99. The van der Waals surface area contributed by atoms with Crippen LogP contribution in [0.25, 0.3) is 0 Å². The SMILES string of the molecule is O=C1C(NS(=O)[O-])CCN1c1ccccc1. The van der Waals surface area contributed by atoms with E-state index in [1.165, 1.54) is 0 Å². The first-order valence-corrected chi connectivity index (χ1v) is 5.98. The van der Waals surface area contributed by atoms with Crippen molar-refractivity contribution in [3.63, 3.8) is 0 Å². The second-order valence-electron chi connectivity index (χ2n) is 3.52. The molecule has 16 heavy (non-hydrogen) atoms. The molecule has 0 bridgehead atoms. The molecule has 0 aromatic heterocycles. The fourth-order valence-corrected chi connectivity index (χ4v) is 2.22. The van der Waals surface area contributed by atoms with Crippen LogP contribution in [-0.2, 0) is 16.1 Å². The van der Waals surface area contributed by atoms with E-state index in [9.17, 15) is 13.6 Å². The summed E-state index contributed by atoms with van der Waals surface area (Å²) in [6, 6.07) is 8.58. The van der Waals surface area contributed by atoms with Gasteiger partial charge >= 0.3 is 0 Å². The fraction of sp³-hybridized carbons (Fsp3) is 0.300. The van der Waals surface area contributed by atoms with Crippen molar-refractivity contribution in [2.24, 2.45) is 0 Å². The number of nitrogens with one attached hydrogen (secondary N) is 1. The quantitative estimate of drug-likeness (QED) is 0.764. The summed E-state index contributed by atoms with van der Waals surface area (Å²) in [5, 5.41) is 0. The predicted molar refractivity (Wildman–Crippen MR) is 59.3 cm³/mol. The molecule has 1 aliphatic heterocycles. The Labute approximate surface area is 95.9 Å². The highest BCUT2D eigenvalue weighted by atomic mass is 32.2. The molecule has 1 aliphatic rings. The molecule has 1 fully saturated rings. The average Bonchev–Trinajstić information content (AvgIpc) is 2.61. The summed E-state index contributed by atoms with van der Waals surface area (Å²) in [6.45, 7) is 0.539. The first-order valence-electron chi connectivity index (χ1n) is 4.90. The molecule has 6 heteroatoms. The summed E-state index contributed by atoms with van der Waals surface area (Å²) in [4.78, 5) is 13.4. The molecule has 0 radical (unpaired) electrons. The third kappa shape index (κ3) is 2.29. The summed E-state index contributed by atoms with van der Waals surface area (Å²) < 4.78 is 23.1. The Morgan fingerprint density at radius 1 is 1.38 bits per heavy atom. The highest BCUT2D eigenvalue weighted by molar-refractivity contribution is 7.77. The summed E-state index contributed by atoms with van der Waals surface area (Å²) in [7, 11) is 0. The van der Waals surface area contributed by atoms with E-state index in [1.807, 2.05) is 30.3 Å². The minimum Gasteiger partial charge on any atom is -0.760 e. The number of carbonyl (C=O) groups excluding carboxylic acids is 1. The van der Waals surface area contributed by atoms with Gasteiger partial charge in [0, 0.05) is 23.5 Å². The number of hydrogen-bond acceptors (Lipinski definition) is 3. The van der Waals surface area contributed by atoms with Gasteiger partial charge in [-0.05, 0) is 18.6 Å². The van der Waals surface area contributed by atoms with Gasteiger partial charge in [-0.1, -0.05) is 18.2 Å². The molecule has 1 saturated heterocycles. The first-order chi connectivity index (χ1) is 7.68. The molecule has 5 nitrogen and oxygen atoms in total. The van der Waals surface area contributed by atoms with Gasteiger partial charge < -0.3 is 9.45 Å². The van der Waals surface area contributed by atoms with Crippen LogP contribution in [0.2, 0.25) is 0 Å². The number of amides is 1. The van der Waals surface area contributed by atoms with Crippen LogP contribution in [0.15, 0.2) is 30.3 Å². The van der Waals surface area contributed by atoms with Crippen molar-refractivity contribution < 1.29 is 13.6 Å². The van der Waals surface area contributed by atoms with Crippen LogP contribution >= 0.6 is 0 Å². The van der Waals surface area contributed by atoms with Gasteiger partial charge in [-0.3, -0.25) is 9.00 Å². The molecule has 2 rings (SSSR count). The summed E-state index contributed by atoms with van der Waals surface area (Å²) in [6.07, 6.45) is 0.502. The van der Waals surface area contributed by atoms with Gasteiger partial charge in [0.2, 0.25) is 5.91 Å². The zero-order valence-corrected chi connectivity index (χ0v) is 9.28. The molecular formula is C10H11N2O3S-. The van der Waals surface area contributed by atoms with Gasteiger partial charge in [0.1, 0.15) is 0 Å². The Kier molecular flexibility index (Phi) is 3.33. The Balaban J connectivity index is 2.11. The number of anilines is 1. The molecule has 1 heterocycles. The van der Waals surface area contributed by atoms with Crippen molar-refractivity contribution in [3.05, 3.63) is 30.3 Å². The van der Waals surface area contributed by atoms with E-state index in [0.717, 1.165) is 5.69 Å². The van der Waals surface area contributed by atoms with Crippen LogP contribution in [0.5, 0.6) is 0 Å². The van der Waals surface area contributed by atoms with Crippen molar-refractivity contribution in [2.45, 2.75) is 12.5 Å². The Bertz CT molecular complexity index is 410. The van der Waals surface area contributed by atoms with E-state index in [-0.39, 0.29) is 5.91 Å². The number of nitrogens with zero attached hydrogens (tertiary/aromatic N) is 1. The van der Waals surface area contributed by atoms with Crippen LogP contribution in [0.4, 0.5) is 5.69 Å². The van der Waals surface area contributed by atoms with Gasteiger partial charge in [0.05, 0.1) is 6.04 Å². The monoisotopic (exact) mass is 239 g/mol. The van der Waals surface area contributed by atoms with E-state index < -0.39 is 17.3 Å². The second kappa shape index (κ2) is 4.73. The summed E-state index contributed by atoms with van der Waals surface area (Å²) >= 11 is -2.39. The maximum atomic E-state index is 11.8. The normalized spacial score (nSPS) is 22.4. The van der Waals surface area contributed by atoms with E-state index in [1.54, 1.807) is 4.90 Å². The lowest BCUT2D eigenvalue weighted by atomic mass is 10.3. The molecule has 86 valence electrons. The van der Waals surface area contributed by atoms with Gasteiger partial charge in [-0.15, -0.1) is 0 Å². The Morgan fingerprint density at radius 3 is 2.69 bits per heavy atom. The molecule has 1 aromatic carbocycles. The molecule has 1 amide bonds.